The average Bonchev–Trinajstić information content (AvgIpc) is 2.92. The van der Waals surface area contributed by atoms with E-state index in [4.69, 9.17) is 9.47 Å². The molecule has 0 bridgehead atoms. The molecule has 0 amide bonds. The molecule has 1 aliphatic heterocycles. The van der Waals surface area contributed by atoms with Crippen LogP contribution in [0.5, 0.6) is 0 Å². The molecule has 0 radical (unpaired) electrons. The standard InChI is InChI=1S/C20H30O6/c1-5-11(2)19(23)25-15-9-14(10-21)8-6-7-12(3)17(22)18-16(15)13(4)20(24)26-18/h7,11,14-18,21-22H,4-6,8-10H2,1-3H3/b12-7+. The average molecular weight is 366 g/mol. The maximum Gasteiger partial charge on any atom is 0.334 e. The number of hydrogen-bond acceptors (Lipinski definition) is 6. The summed E-state index contributed by atoms with van der Waals surface area (Å²) in [6.45, 7) is 9.26. The zero-order valence-corrected chi connectivity index (χ0v) is 15.8. The number of hydrogen-bond donors (Lipinski definition) is 2. The van der Waals surface area contributed by atoms with E-state index >= 15 is 0 Å². The molecular weight excluding hydrogens is 336 g/mol. The predicted octanol–water partition coefficient (Wildman–Crippen LogP) is 2.14. The van der Waals surface area contributed by atoms with Crippen LogP contribution in [0.15, 0.2) is 23.8 Å². The minimum absolute atomic E-state index is 0.0362. The molecule has 6 atom stereocenters. The van der Waals surface area contributed by atoms with Gasteiger partial charge < -0.3 is 19.7 Å². The fourth-order valence-corrected chi connectivity index (χ4v) is 3.54. The highest BCUT2D eigenvalue weighted by atomic mass is 16.6. The van der Waals surface area contributed by atoms with Crippen molar-refractivity contribution in [2.75, 3.05) is 6.61 Å². The monoisotopic (exact) mass is 366 g/mol. The van der Waals surface area contributed by atoms with E-state index in [1.54, 1.807) is 13.8 Å². The summed E-state index contributed by atoms with van der Waals surface area (Å²) in [4.78, 5) is 24.5. The molecule has 1 fully saturated rings. The van der Waals surface area contributed by atoms with Crippen LogP contribution >= 0.6 is 0 Å². The molecule has 0 aromatic carbocycles. The van der Waals surface area contributed by atoms with Crippen LogP contribution in [0.4, 0.5) is 0 Å². The number of aliphatic hydroxyl groups excluding tert-OH is 2. The smallest absolute Gasteiger partial charge is 0.334 e. The van der Waals surface area contributed by atoms with Gasteiger partial charge in [-0.05, 0) is 44.1 Å². The van der Waals surface area contributed by atoms with Crippen molar-refractivity contribution in [3.63, 3.8) is 0 Å². The second kappa shape index (κ2) is 8.82. The van der Waals surface area contributed by atoms with E-state index in [0.29, 0.717) is 31.3 Å². The normalized spacial score (nSPS) is 35.7. The van der Waals surface area contributed by atoms with Crippen LogP contribution in [-0.4, -0.2) is 47.1 Å². The molecule has 0 aromatic heterocycles. The Morgan fingerprint density at radius 3 is 2.81 bits per heavy atom. The fourth-order valence-electron chi connectivity index (χ4n) is 3.54. The summed E-state index contributed by atoms with van der Waals surface area (Å²) >= 11 is 0. The Morgan fingerprint density at radius 1 is 1.50 bits per heavy atom. The molecule has 6 unspecified atom stereocenters. The largest absolute Gasteiger partial charge is 0.461 e. The van der Waals surface area contributed by atoms with Crippen LogP contribution in [0.1, 0.15) is 46.5 Å². The van der Waals surface area contributed by atoms with Gasteiger partial charge in [0.1, 0.15) is 18.3 Å². The lowest BCUT2D eigenvalue weighted by Crippen LogP contribution is -2.42. The second-order valence-corrected chi connectivity index (χ2v) is 7.46. The number of fused-ring (bicyclic) bond motifs is 1. The number of carbonyl (C=O) groups is 2. The number of aliphatic hydroxyl groups is 2. The number of allylic oxidation sites excluding steroid dienone is 1. The van der Waals surface area contributed by atoms with E-state index in [0.717, 1.165) is 0 Å². The molecule has 146 valence electrons. The van der Waals surface area contributed by atoms with Crippen LogP contribution in [0.2, 0.25) is 0 Å². The second-order valence-electron chi connectivity index (χ2n) is 7.46. The van der Waals surface area contributed by atoms with Gasteiger partial charge in [0.15, 0.2) is 0 Å². The van der Waals surface area contributed by atoms with Crippen LogP contribution in [0.25, 0.3) is 0 Å². The van der Waals surface area contributed by atoms with Gasteiger partial charge in [-0.2, -0.15) is 0 Å². The molecule has 26 heavy (non-hydrogen) atoms. The first-order chi connectivity index (χ1) is 12.3. The van der Waals surface area contributed by atoms with Gasteiger partial charge in [-0.25, -0.2) is 4.79 Å². The Labute approximate surface area is 154 Å². The molecule has 2 N–H and O–H groups in total. The minimum atomic E-state index is -0.973. The first kappa shape index (κ1) is 20.6. The third-order valence-corrected chi connectivity index (χ3v) is 5.59. The van der Waals surface area contributed by atoms with E-state index in [9.17, 15) is 19.8 Å². The van der Waals surface area contributed by atoms with Crippen molar-refractivity contribution in [2.24, 2.45) is 17.8 Å². The Hall–Kier alpha value is -1.66. The number of ether oxygens (including phenoxy) is 2. The Kier molecular flexibility index (Phi) is 7.01. The molecule has 0 spiro atoms. The maximum atomic E-state index is 12.4. The highest BCUT2D eigenvalue weighted by Crippen LogP contribution is 2.38. The van der Waals surface area contributed by atoms with Gasteiger partial charge >= 0.3 is 11.9 Å². The van der Waals surface area contributed by atoms with E-state index in [-0.39, 0.29) is 30.0 Å². The van der Waals surface area contributed by atoms with Crippen molar-refractivity contribution in [3.8, 4) is 0 Å². The molecule has 1 saturated heterocycles. The minimum Gasteiger partial charge on any atom is -0.461 e. The molecule has 0 saturated carbocycles. The topological polar surface area (TPSA) is 93.1 Å². The van der Waals surface area contributed by atoms with Crippen molar-refractivity contribution in [2.45, 2.75) is 64.8 Å². The van der Waals surface area contributed by atoms with Gasteiger partial charge in [0, 0.05) is 12.2 Å². The molecule has 2 rings (SSSR count). The Morgan fingerprint density at radius 2 is 2.19 bits per heavy atom. The van der Waals surface area contributed by atoms with Gasteiger partial charge in [-0.3, -0.25) is 4.79 Å². The third kappa shape index (κ3) is 4.35. The van der Waals surface area contributed by atoms with Crippen molar-refractivity contribution in [1.82, 2.24) is 0 Å². The molecular formula is C20H30O6. The molecule has 0 aromatic rings. The van der Waals surface area contributed by atoms with Gasteiger partial charge in [0.05, 0.1) is 11.8 Å². The molecule has 1 aliphatic carbocycles. The molecule has 2 aliphatic rings. The van der Waals surface area contributed by atoms with Gasteiger partial charge in [-0.1, -0.05) is 26.5 Å². The summed E-state index contributed by atoms with van der Waals surface area (Å²) < 4.78 is 11.1. The summed E-state index contributed by atoms with van der Waals surface area (Å²) in [5.74, 6) is -1.89. The first-order valence-corrected chi connectivity index (χ1v) is 9.35. The summed E-state index contributed by atoms with van der Waals surface area (Å²) in [6, 6.07) is 0. The van der Waals surface area contributed by atoms with Crippen molar-refractivity contribution in [3.05, 3.63) is 23.8 Å². The summed E-state index contributed by atoms with van der Waals surface area (Å²) in [6.07, 6.45) is 1.86. The summed E-state index contributed by atoms with van der Waals surface area (Å²) in [5.41, 5.74) is 0.911. The van der Waals surface area contributed by atoms with Crippen molar-refractivity contribution >= 4 is 11.9 Å². The van der Waals surface area contributed by atoms with Crippen LogP contribution in [-0.2, 0) is 19.1 Å². The van der Waals surface area contributed by atoms with E-state index < -0.39 is 30.2 Å². The SMILES string of the molecule is C=C1C(=O)OC2C(O)/C(C)=C/CCC(CO)CC(OC(=O)C(C)CC)C12. The van der Waals surface area contributed by atoms with Crippen LogP contribution < -0.4 is 0 Å². The van der Waals surface area contributed by atoms with E-state index in [2.05, 4.69) is 6.58 Å². The van der Waals surface area contributed by atoms with Crippen LogP contribution in [0, 0.1) is 17.8 Å². The zero-order valence-electron chi connectivity index (χ0n) is 15.8. The van der Waals surface area contributed by atoms with Gasteiger partial charge in [0.25, 0.3) is 0 Å². The van der Waals surface area contributed by atoms with Gasteiger partial charge in [-0.15, -0.1) is 0 Å². The summed E-state index contributed by atoms with van der Waals surface area (Å²) in [7, 11) is 0. The molecule has 6 heteroatoms. The zero-order chi connectivity index (χ0) is 19.4. The molecule has 6 nitrogen and oxygen atoms in total. The highest BCUT2D eigenvalue weighted by Gasteiger charge is 2.49. The molecule has 1 heterocycles. The quantitative estimate of drug-likeness (QED) is 0.450. The first-order valence-electron chi connectivity index (χ1n) is 9.35. The third-order valence-electron chi connectivity index (χ3n) is 5.59. The lowest BCUT2D eigenvalue weighted by Gasteiger charge is -2.33. The van der Waals surface area contributed by atoms with E-state index in [1.165, 1.54) is 0 Å². The fraction of sp³-hybridized carbons (Fsp3) is 0.700. The Bertz CT molecular complexity index is 581. The van der Waals surface area contributed by atoms with Crippen molar-refractivity contribution in [1.29, 1.82) is 0 Å². The lowest BCUT2D eigenvalue weighted by molar-refractivity contribution is -0.160. The number of carbonyl (C=O) groups excluding carboxylic acids is 2. The van der Waals surface area contributed by atoms with Crippen molar-refractivity contribution < 1.29 is 29.3 Å². The van der Waals surface area contributed by atoms with Gasteiger partial charge in [0.2, 0.25) is 0 Å². The van der Waals surface area contributed by atoms with Crippen LogP contribution in [0.3, 0.4) is 0 Å². The predicted molar refractivity (Wildman–Crippen MR) is 96.0 cm³/mol. The highest BCUT2D eigenvalue weighted by molar-refractivity contribution is 5.91. The maximum absolute atomic E-state index is 12.4. The number of rotatable bonds is 4. The van der Waals surface area contributed by atoms with E-state index in [1.807, 2.05) is 13.0 Å². The summed E-state index contributed by atoms with van der Waals surface area (Å²) in [5, 5.41) is 20.4. The lowest BCUT2D eigenvalue weighted by atomic mass is 9.80. The Balaban J connectivity index is 2.39. The number of esters is 2.